The third-order valence-electron chi connectivity index (χ3n) is 4.34. The van der Waals surface area contributed by atoms with Crippen molar-refractivity contribution >= 4 is 17.3 Å². The second kappa shape index (κ2) is 4.87. The van der Waals surface area contributed by atoms with Crippen LogP contribution in [0.5, 0.6) is 0 Å². The lowest BCUT2D eigenvalue weighted by atomic mass is 9.89. The molecule has 2 bridgehead atoms. The van der Waals surface area contributed by atoms with Gasteiger partial charge in [-0.05, 0) is 30.7 Å². The largest absolute Gasteiger partial charge is 0.469 e. The highest BCUT2D eigenvalue weighted by Gasteiger charge is 2.50. The number of rotatable bonds is 2. The van der Waals surface area contributed by atoms with Crippen molar-refractivity contribution in [2.24, 2.45) is 5.92 Å². The second-order valence-electron chi connectivity index (χ2n) is 5.36. The number of hydrogen-bond acceptors (Lipinski definition) is 4. The maximum absolute atomic E-state index is 12.2. The number of nitrogens with zero attached hydrogens (tertiary/aromatic N) is 1. The van der Waals surface area contributed by atoms with Gasteiger partial charge in [0.25, 0.3) is 0 Å². The van der Waals surface area contributed by atoms with Gasteiger partial charge < -0.3 is 4.74 Å². The van der Waals surface area contributed by atoms with E-state index in [1.807, 2.05) is 42.3 Å². The first-order chi connectivity index (χ1) is 9.63. The fourth-order valence-corrected chi connectivity index (χ4v) is 3.36. The van der Waals surface area contributed by atoms with E-state index in [1.165, 1.54) is 7.11 Å². The SMILES string of the molecule is COC(=O)[C@@H]1C[C@H]2C(=O)C=C(c3ccccc3)[C@@H]1N2C. The minimum atomic E-state index is -0.270. The third kappa shape index (κ3) is 1.88. The summed E-state index contributed by atoms with van der Waals surface area (Å²) in [6.45, 7) is 0. The minimum absolute atomic E-state index is 0.0763. The zero-order valence-electron chi connectivity index (χ0n) is 11.6. The number of carbonyl (C=O) groups excluding carboxylic acids is 2. The zero-order chi connectivity index (χ0) is 14.3. The summed E-state index contributed by atoms with van der Waals surface area (Å²) >= 11 is 0. The van der Waals surface area contributed by atoms with Gasteiger partial charge in [-0.3, -0.25) is 14.5 Å². The number of benzene rings is 1. The minimum Gasteiger partial charge on any atom is -0.469 e. The summed E-state index contributed by atoms with van der Waals surface area (Å²) in [5.74, 6) is -0.428. The molecule has 2 aliphatic rings. The van der Waals surface area contributed by atoms with Crippen molar-refractivity contribution in [3.05, 3.63) is 42.0 Å². The number of esters is 1. The van der Waals surface area contributed by atoms with E-state index in [2.05, 4.69) is 0 Å². The molecule has 4 nitrogen and oxygen atoms in total. The summed E-state index contributed by atoms with van der Waals surface area (Å²) in [5, 5.41) is 0. The van der Waals surface area contributed by atoms with Crippen molar-refractivity contribution in [1.29, 1.82) is 0 Å². The number of hydrogen-bond donors (Lipinski definition) is 0. The second-order valence-corrected chi connectivity index (χ2v) is 5.36. The molecule has 1 saturated heterocycles. The van der Waals surface area contributed by atoms with Crippen LogP contribution in [0.25, 0.3) is 5.57 Å². The molecule has 1 aromatic rings. The van der Waals surface area contributed by atoms with Gasteiger partial charge >= 0.3 is 5.97 Å². The van der Waals surface area contributed by atoms with Crippen molar-refractivity contribution in [2.45, 2.75) is 18.5 Å². The van der Waals surface area contributed by atoms with E-state index in [0.717, 1.165) is 11.1 Å². The van der Waals surface area contributed by atoms with Crippen molar-refractivity contribution in [2.75, 3.05) is 14.2 Å². The molecule has 104 valence electrons. The fraction of sp³-hybridized carbons (Fsp3) is 0.375. The summed E-state index contributed by atoms with van der Waals surface area (Å²) in [4.78, 5) is 26.2. The quantitative estimate of drug-likeness (QED) is 0.765. The highest BCUT2D eigenvalue weighted by atomic mass is 16.5. The Kier molecular flexibility index (Phi) is 3.18. The van der Waals surface area contributed by atoms with Gasteiger partial charge in [0.05, 0.1) is 19.1 Å². The van der Waals surface area contributed by atoms with E-state index in [0.29, 0.717) is 6.42 Å². The molecule has 20 heavy (non-hydrogen) atoms. The Morgan fingerprint density at radius 2 is 2.00 bits per heavy atom. The molecule has 3 rings (SSSR count). The van der Waals surface area contributed by atoms with E-state index in [1.54, 1.807) is 6.08 Å². The lowest BCUT2D eigenvalue weighted by Crippen LogP contribution is -2.43. The van der Waals surface area contributed by atoms with Gasteiger partial charge in [-0.25, -0.2) is 0 Å². The molecule has 2 heterocycles. The van der Waals surface area contributed by atoms with Crippen molar-refractivity contribution in [3.63, 3.8) is 0 Å². The van der Waals surface area contributed by atoms with Crippen LogP contribution < -0.4 is 0 Å². The van der Waals surface area contributed by atoms with Crippen LogP contribution in [0.15, 0.2) is 36.4 Å². The number of ether oxygens (including phenoxy) is 1. The molecule has 0 amide bonds. The number of methoxy groups -OCH3 is 1. The number of fused-ring (bicyclic) bond motifs is 2. The first-order valence-corrected chi connectivity index (χ1v) is 6.74. The fourth-order valence-electron chi connectivity index (χ4n) is 3.36. The lowest BCUT2D eigenvalue weighted by molar-refractivity contribution is -0.145. The smallest absolute Gasteiger partial charge is 0.310 e. The normalized spacial score (nSPS) is 29.2. The average molecular weight is 271 g/mol. The Hall–Kier alpha value is -1.94. The van der Waals surface area contributed by atoms with Gasteiger partial charge in [0.15, 0.2) is 5.78 Å². The Bertz CT molecular complexity index is 579. The van der Waals surface area contributed by atoms with Gasteiger partial charge in [0.1, 0.15) is 0 Å². The summed E-state index contributed by atoms with van der Waals surface area (Å²) in [6.07, 6.45) is 2.24. The van der Waals surface area contributed by atoms with Crippen molar-refractivity contribution in [1.82, 2.24) is 4.90 Å². The molecule has 0 aliphatic carbocycles. The average Bonchev–Trinajstić information content (AvgIpc) is 2.72. The molecule has 0 radical (unpaired) electrons. The molecule has 1 fully saturated rings. The van der Waals surface area contributed by atoms with Crippen molar-refractivity contribution in [3.8, 4) is 0 Å². The molecule has 3 atom stereocenters. The Morgan fingerprint density at radius 1 is 1.30 bits per heavy atom. The first-order valence-electron chi connectivity index (χ1n) is 6.74. The number of ketones is 1. The van der Waals surface area contributed by atoms with E-state index in [9.17, 15) is 9.59 Å². The van der Waals surface area contributed by atoms with Gasteiger partial charge in [-0.15, -0.1) is 0 Å². The number of likely N-dealkylation sites (N-methyl/N-ethyl adjacent to an activating group) is 1. The maximum Gasteiger partial charge on any atom is 0.310 e. The predicted octanol–water partition coefficient (Wildman–Crippen LogP) is 1.51. The van der Waals surface area contributed by atoms with Crippen LogP contribution in [0.1, 0.15) is 12.0 Å². The zero-order valence-corrected chi connectivity index (χ0v) is 11.6. The Morgan fingerprint density at radius 3 is 2.65 bits per heavy atom. The van der Waals surface area contributed by atoms with E-state index < -0.39 is 0 Å². The lowest BCUT2D eigenvalue weighted by Gasteiger charge is -2.32. The molecule has 0 unspecified atom stereocenters. The third-order valence-corrected chi connectivity index (χ3v) is 4.34. The maximum atomic E-state index is 12.2. The molecule has 0 spiro atoms. The van der Waals surface area contributed by atoms with Crippen LogP contribution in [-0.2, 0) is 14.3 Å². The van der Waals surface area contributed by atoms with Crippen LogP contribution in [0.3, 0.4) is 0 Å². The molecular weight excluding hydrogens is 254 g/mol. The molecule has 0 N–H and O–H groups in total. The van der Waals surface area contributed by atoms with Gasteiger partial charge in [0, 0.05) is 6.04 Å². The summed E-state index contributed by atoms with van der Waals surface area (Å²) < 4.78 is 4.91. The molecule has 1 aromatic carbocycles. The molecule has 0 aromatic heterocycles. The van der Waals surface area contributed by atoms with Gasteiger partial charge in [-0.2, -0.15) is 0 Å². The number of carbonyl (C=O) groups is 2. The molecule has 2 aliphatic heterocycles. The first kappa shape index (κ1) is 13.1. The molecule has 0 saturated carbocycles. The Labute approximate surface area is 118 Å². The van der Waals surface area contributed by atoms with E-state index in [4.69, 9.17) is 4.74 Å². The summed E-state index contributed by atoms with van der Waals surface area (Å²) in [7, 11) is 3.31. The Balaban J connectivity index is 2.05. The van der Waals surface area contributed by atoms with Crippen LogP contribution in [-0.4, -0.2) is 42.9 Å². The highest BCUT2D eigenvalue weighted by molar-refractivity contribution is 6.05. The standard InChI is InChI=1S/C16H17NO3/c1-17-13-8-12(16(19)20-2)15(17)11(9-14(13)18)10-6-4-3-5-7-10/h3-7,9,12-13,15H,8H2,1-2H3/t12-,13+,15+/m1/s1. The highest BCUT2D eigenvalue weighted by Crippen LogP contribution is 2.41. The van der Waals surface area contributed by atoms with Gasteiger partial charge in [-0.1, -0.05) is 30.3 Å². The predicted molar refractivity (Wildman–Crippen MR) is 74.9 cm³/mol. The molecular formula is C16H17NO3. The summed E-state index contributed by atoms with van der Waals surface area (Å²) in [6, 6.07) is 9.49. The van der Waals surface area contributed by atoms with Crippen LogP contribution in [0.2, 0.25) is 0 Å². The van der Waals surface area contributed by atoms with Crippen molar-refractivity contribution < 1.29 is 14.3 Å². The topological polar surface area (TPSA) is 46.6 Å². The summed E-state index contributed by atoms with van der Waals surface area (Å²) in [5.41, 5.74) is 1.91. The van der Waals surface area contributed by atoms with E-state index >= 15 is 0 Å². The van der Waals surface area contributed by atoms with E-state index in [-0.39, 0.29) is 29.8 Å². The van der Waals surface area contributed by atoms with Crippen LogP contribution in [0, 0.1) is 5.92 Å². The van der Waals surface area contributed by atoms with Crippen LogP contribution in [0.4, 0.5) is 0 Å². The molecule has 4 heteroatoms. The monoisotopic (exact) mass is 271 g/mol. The van der Waals surface area contributed by atoms with Crippen LogP contribution >= 0.6 is 0 Å². The van der Waals surface area contributed by atoms with Gasteiger partial charge in [0.2, 0.25) is 0 Å².